The second-order valence-corrected chi connectivity index (χ2v) is 1.38. The Morgan fingerprint density at radius 3 is 2.43 bits per heavy atom. The van der Waals surface area contributed by atoms with Crippen molar-refractivity contribution in [1.29, 1.82) is 0 Å². The Hall–Kier alpha value is -0.950. The summed E-state index contributed by atoms with van der Waals surface area (Å²) in [6, 6.07) is 0. The molecule has 0 aromatic carbocycles. The molecule has 0 atom stereocenters. The maximum Gasteiger partial charge on any atom is 0.431 e. The van der Waals surface area contributed by atoms with E-state index in [2.05, 4.69) is 16.7 Å². The molecule has 1 aliphatic heterocycles. The van der Waals surface area contributed by atoms with Gasteiger partial charge in [-0.15, -0.1) is 5.01 Å². The molecule has 1 aliphatic rings. The highest BCUT2D eigenvalue weighted by atomic mass is 15.9. The number of hydrogen-bond donors (Lipinski definition) is 1. The molecule has 0 radical (unpaired) electrons. The first-order valence-electron chi connectivity index (χ1n) is 1.99. The summed E-state index contributed by atoms with van der Waals surface area (Å²) in [5.41, 5.74) is 2.81. The SMILES string of the molecule is CN1C#[N+]N(C)N1. The van der Waals surface area contributed by atoms with Crippen molar-refractivity contribution in [2.24, 2.45) is 0 Å². The van der Waals surface area contributed by atoms with Gasteiger partial charge in [0.25, 0.3) is 0 Å². The third kappa shape index (κ3) is 0.725. The van der Waals surface area contributed by atoms with Gasteiger partial charge in [0.1, 0.15) is 7.05 Å². The van der Waals surface area contributed by atoms with E-state index in [4.69, 9.17) is 0 Å². The molecule has 0 spiro atoms. The first-order valence-corrected chi connectivity index (χ1v) is 1.99. The molecule has 0 saturated carbocycles. The average Bonchev–Trinajstić information content (AvgIpc) is 1.87. The van der Waals surface area contributed by atoms with Crippen LogP contribution in [0, 0.1) is 6.19 Å². The summed E-state index contributed by atoms with van der Waals surface area (Å²) in [5, 5.41) is 3.21. The van der Waals surface area contributed by atoms with Crippen molar-refractivity contribution in [2.45, 2.75) is 0 Å². The Morgan fingerprint density at radius 2 is 2.29 bits per heavy atom. The predicted molar refractivity (Wildman–Crippen MR) is 25.9 cm³/mol. The van der Waals surface area contributed by atoms with Crippen molar-refractivity contribution in [3.63, 3.8) is 0 Å². The third-order valence-electron chi connectivity index (χ3n) is 0.639. The van der Waals surface area contributed by atoms with Gasteiger partial charge in [-0.25, -0.2) is 0 Å². The highest BCUT2D eigenvalue weighted by Crippen LogP contribution is 1.85. The number of hydrazine groups is 2. The molecule has 7 heavy (non-hydrogen) atoms. The second kappa shape index (κ2) is 1.28. The summed E-state index contributed by atoms with van der Waals surface area (Å²) in [6.07, 6.45) is 2.64. The van der Waals surface area contributed by atoms with Crippen LogP contribution in [0.4, 0.5) is 0 Å². The minimum Gasteiger partial charge on any atom is -0.109 e. The van der Waals surface area contributed by atoms with E-state index in [0.29, 0.717) is 0 Å². The molecule has 0 aromatic rings. The van der Waals surface area contributed by atoms with Gasteiger partial charge >= 0.3 is 6.19 Å². The highest BCUT2D eigenvalue weighted by Gasteiger charge is 2.12. The minimum atomic E-state index is 1.57. The first kappa shape index (κ1) is 4.22. The fourth-order valence-electron chi connectivity index (χ4n) is 0.396. The fourth-order valence-corrected chi connectivity index (χ4v) is 0.396. The van der Waals surface area contributed by atoms with Crippen LogP contribution in [0.3, 0.4) is 0 Å². The first-order chi connectivity index (χ1) is 3.29. The third-order valence-corrected chi connectivity index (χ3v) is 0.639. The number of rotatable bonds is 0. The van der Waals surface area contributed by atoms with Gasteiger partial charge in [0.15, 0.2) is 0 Å². The van der Waals surface area contributed by atoms with Gasteiger partial charge in [-0.05, 0) is 15.6 Å². The molecule has 4 heteroatoms. The monoisotopic (exact) mass is 99.1 g/mol. The lowest BCUT2D eigenvalue weighted by Gasteiger charge is -1.96. The summed E-state index contributed by atoms with van der Waals surface area (Å²) in [7, 11) is 3.63. The summed E-state index contributed by atoms with van der Waals surface area (Å²) < 4.78 is 0. The Labute approximate surface area is 42.0 Å². The van der Waals surface area contributed by atoms with E-state index in [-0.39, 0.29) is 0 Å². The molecule has 0 bridgehead atoms. The lowest BCUT2D eigenvalue weighted by Crippen LogP contribution is -2.34. The van der Waals surface area contributed by atoms with Gasteiger partial charge in [-0.2, -0.15) is 0 Å². The van der Waals surface area contributed by atoms with Crippen LogP contribution in [0.15, 0.2) is 0 Å². The molecule has 0 aliphatic carbocycles. The van der Waals surface area contributed by atoms with Gasteiger partial charge < -0.3 is 0 Å². The van der Waals surface area contributed by atoms with Crippen LogP contribution in [0.5, 0.6) is 0 Å². The fraction of sp³-hybridized carbons (Fsp3) is 0.667. The Morgan fingerprint density at radius 1 is 1.57 bits per heavy atom. The van der Waals surface area contributed by atoms with Gasteiger partial charge in [0.2, 0.25) is 0 Å². The zero-order valence-corrected chi connectivity index (χ0v) is 4.34. The van der Waals surface area contributed by atoms with E-state index in [1.165, 1.54) is 0 Å². The molecule has 1 rings (SSSR count). The molecule has 38 valence electrons. The number of nitrogens with zero attached hydrogens (tertiary/aromatic N) is 3. The molecular weight excluding hydrogens is 92.1 g/mol. The largest absolute Gasteiger partial charge is 0.431 e. The summed E-state index contributed by atoms with van der Waals surface area (Å²) in [4.78, 5) is 3.72. The Kier molecular flexibility index (Phi) is 0.770. The highest BCUT2D eigenvalue weighted by molar-refractivity contribution is 4.83. The van der Waals surface area contributed by atoms with E-state index in [9.17, 15) is 0 Å². The lowest BCUT2D eigenvalue weighted by atomic mass is 11.2. The van der Waals surface area contributed by atoms with Crippen molar-refractivity contribution < 1.29 is 0 Å². The van der Waals surface area contributed by atoms with Crippen molar-refractivity contribution in [1.82, 2.24) is 15.7 Å². The standard InChI is InChI=1S/C3H7N4/c1-6-3-4-7(2)5-6/h5H,1-2H3/q+1. The molecule has 0 unspecified atom stereocenters. The van der Waals surface area contributed by atoms with E-state index < -0.39 is 0 Å². The summed E-state index contributed by atoms with van der Waals surface area (Å²) in [5.74, 6) is 0. The van der Waals surface area contributed by atoms with Gasteiger partial charge in [0.05, 0.1) is 7.05 Å². The smallest absolute Gasteiger partial charge is 0.109 e. The quantitative estimate of drug-likeness (QED) is 0.413. The van der Waals surface area contributed by atoms with Crippen LogP contribution in [0.25, 0.3) is 4.95 Å². The Balaban J connectivity index is 2.48. The van der Waals surface area contributed by atoms with Crippen LogP contribution in [0.2, 0.25) is 0 Å². The summed E-state index contributed by atoms with van der Waals surface area (Å²) in [6.45, 7) is 0. The molecule has 0 saturated heterocycles. The lowest BCUT2D eigenvalue weighted by molar-refractivity contribution is 0.190. The van der Waals surface area contributed by atoms with Crippen molar-refractivity contribution >= 4 is 0 Å². The molecule has 0 amide bonds. The van der Waals surface area contributed by atoms with Crippen LogP contribution >= 0.6 is 0 Å². The minimum absolute atomic E-state index is 1.57. The molecule has 4 nitrogen and oxygen atoms in total. The molecule has 0 fully saturated rings. The molecular formula is C3H7N4+. The van der Waals surface area contributed by atoms with Crippen LogP contribution < -0.4 is 5.53 Å². The average molecular weight is 99.1 g/mol. The zero-order valence-electron chi connectivity index (χ0n) is 4.34. The maximum atomic E-state index is 3.72. The van der Waals surface area contributed by atoms with E-state index in [0.717, 1.165) is 0 Å². The number of nitrogens with one attached hydrogen (secondary N) is 1. The topological polar surface area (TPSA) is 22.9 Å². The number of hydrogen-bond acceptors (Lipinski definition) is 3. The van der Waals surface area contributed by atoms with Gasteiger partial charge in [0, 0.05) is 0 Å². The van der Waals surface area contributed by atoms with Crippen LogP contribution in [-0.2, 0) is 0 Å². The van der Waals surface area contributed by atoms with E-state index >= 15 is 0 Å². The summed E-state index contributed by atoms with van der Waals surface area (Å²) >= 11 is 0. The van der Waals surface area contributed by atoms with Gasteiger partial charge in [-0.3, -0.25) is 0 Å². The van der Waals surface area contributed by atoms with Gasteiger partial charge in [-0.1, -0.05) is 0 Å². The van der Waals surface area contributed by atoms with Crippen LogP contribution in [-0.4, -0.2) is 24.2 Å². The van der Waals surface area contributed by atoms with E-state index in [1.807, 2.05) is 7.05 Å². The molecule has 0 aromatic heterocycles. The van der Waals surface area contributed by atoms with Crippen molar-refractivity contribution in [3.8, 4) is 6.19 Å². The molecule has 1 N–H and O–H groups in total. The second-order valence-electron chi connectivity index (χ2n) is 1.38. The predicted octanol–water partition coefficient (Wildman–Crippen LogP) is -0.511. The normalized spacial score (nSPS) is 16.9. The van der Waals surface area contributed by atoms with E-state index in [1.54, 1.807) is 17.2 Å². The van der Waals surface area contributed by atoms with Crippen molar-refractivity contribution in [3.05, 3.63) is 4.95 Å². The Bertz CT molecular complexity index is 109. The van der Waals surface area contributed by atoms with Crippen LogP contribution in [0.1, 0.15) is 0 Å². The molecule has 1 heterocycles. The zero-order chi connectivity index (χ0) is 5.28. The van der Waals surface area contributed by atoms with Crippen molar-refractivity contribution in [2.75, 3.05) is 14.1 Å². The maximum absolute atomic E-state index is 3.72.